The van der Waals surface area contributed by atoms with E-state index in [1.54, 1.807) is 12.2 Å². The van der Waals surface area contributed by atoms with Crippen molar-refractivity contribution in [2.75, 3.05) is 0 Å². The lowest BCUT2D eigenvalue weighted by Gasteiger charge is -2.26. The molecule has 1 aromatic heterocycles. The van der Waals surface area contributed by atoms with Crippen molar-refractivity contribution in [2.24, 2.45) is 0 Å². The summed E-state index contributed by atoms with van der Waals surface area (Å²) in [5.41, 5.74) is 0. The Morgan fingerprint density at radius 3 is 2.67 bits per heavy atom. The third kappa shape index (κ3) is 1.23. The quantitative estimate of drug-likeness (QED) is 0.729. The molecular formula is C8H8O2S2. The molecule has 0 radical (unpaired) electrons. The van der Waals surface area contributed by atoms with Gasteiger partial charge in [0.15, 0.2) is 0 Å². The van der Waals surface area contributed by atoms with E-state index < -0.39 is 10.6 Å². The maximum absolute atomic E-state index is 9.52. The van der Waals surface area contributed by atoms with Gasteiger partial charge in [-0.05, 0) is 23.6 Å². The topological polar surface area (TPSA) is 40.5 Å². The second kappa shape index (κ2) is 2.74. The Kier molecular flexibility index (Phi) is 1.84. The Balaban J connectivity index is 2.40. The summed E-state index contributed by atoms with van der Waals surface area (Å²) in [6, 6.07) is 3.78. The highest BCUT2D eigenvalue weighted by molar-refractivity contribution is 8.34. The molecule has 0 saturated heterocycles. The van der Waals surface area contributed by atoms with Crippen LogP contribution in [-0.4, -0.2) is 9.11 Å². The average molecular weight is 200 g/mol. The van der Waals surface area contributed by atoms with Crippen molar-refractivity contribution < 1.29 is 9.11 Å². The third-order valence-electron chi connectivity index (χ3n) is 1.60. The monoisotopic (exact) mass is 200 g/mol. The predicted molar refractivity (Wildman–Crippen MR) is 54.3 cm³/mol. The lowest BCUT2D eigenvalue weighted by atomic mass is 10.4. The van der Waals surface area contributed by atoms with Gasteiger partial charge in [0.2, 0.25) is 0 Å². The van der Waals surface area contributed by atoms with Crippen molar-refractivity contribution in [1.82, 2.24) is 0 Å². The first-order valence-electron chi connectivity index (χ1n) is 3.41. The summed E-state index contributed by atoms with van der Waals surface area (Å²) < 4.78 is 19.0. The number of hydrogen-bond donors (Lipinski definition) is 2. The fraction of sp³-hybridized carbons (Fsp3) is 0. The van der Waals surface area contributed by atoms with Gasteiger partial charge in [0.1, 0.15) is 0 Å². The molecule has 0 aliphatic carbocycles. The largest absolute Gasteiger partial charge is 0.291 e. The van der Waals surface area contributed by atoms with Gasteiger partial charge in [-0.15, -0.1) is 21.9 Å². The van der Waals surface area contributed by atoms with Crippen LogP contribution in [0, 0.1) is 0 Å². The van der Waals surface area contributed by atoms with Crippen LogP contribution in [-0.2, 0) is 0 Å². The highest BCUT2D eigenvalue weighted by Crippen LogP contribution is 2.57. The van der Waals surface area contributed by atoms with E-state index in [9.17, 15) is 9.11 Å². The SMILES string of the molecule is OS1(O)C=CC=C1c1cccs1. The molecule has 2 heterocycles. The first-order chi connectivity index (χ1) is 5.70. The lowest BCUT2D eigenvalue weighted by molar-refractivity contribution is 0.514. The minimum atomic E-state index is -2.62. The second-order valence-electron chi connectivity index (χ2n) is 2.43. The molecule has 0 unspecified atom stereocenters. The van der Waals surface area contributed by atoms with Gasteiger partial charge in [-0.1, -0.05) is 6.07 Å². The molecule has 4 heteroatoms. The minimum absolute atomic E-state index is 0.637. The van der Waals surface area contributed by atoms with E-state index in [0.29, 0.717) is 4.91 Å². The van der Waals surface area contributed by atoms with Crippen LogP contribution in [0.2, 0.25) is 0 Å². The molecule has 0 amide bonds. The normalized spacial score (nSPS) is 22.3. The summed E-state index contributed by atoms with van der Waals surface area (Å²) >= 11 is 1.52. The molecule has 0 spiro atoms. The van der Waals surface area contributed by atoms with Crippen molar-refractivity contribution >= 4 is 26.8 Å². The average Bonchev–Trinajstić information content (AvgIpc) is 2.55. The minimum Gasteiger partial charge on any atom is -0.291 e. The van der Waals surface area contributed by atoms with Gasteiger partial charge in [-0.25, -0.2) is 0 Å². The third-order valence-corrected chi connectivity index (χ3v) is 4.18. The molecule has 2 rings (SSSR count). The van der Waals surface area contributed by atoms with E-state index in [-0.39, 0.29) is 0 Å². The van der Waals surface area contributed by atoms with E-state index in [0.717, 1.165) is 4.88 Å². The number of allylic oxidation sites excluding steroid dienone is 2. The molecule has 12 heavy (non-hydrogen) atoms. The van der Waals surface area contributed by atoms with E-state index in [2.05, 4.69) is 0 Å². The number of rotatable bonds is 1. The van der Waals surface area contributed by atoms with Gasteiger partial charge in [0, 0.05) is 5.41 Å². The maximum Gasteiger partial charge on any atom is 0.0802 e. The molecule has 64 valence electrons. The zero-order valence-electron chi connectivity index (χ0n) is 6.18. The van der Waals surface area contributed by atoms with Crippen molar-refractivity contribution in [3.05, 3.63) is 40.0 Å². The Morgan fingerprint density at radius 2 is 2.17 bits per heavy atom. The van der Waals surface area contributed by atoms with Gasteiger partial charge < -0.3 is 0 Å². The van der Waals surface area contributed by atoms with Crippen LogP contribution in [0.5, 0.6) is 0 Å². The summed E-state index contributed by atoms with van der Waals surface area (Å²) in [6.07, 6.45) is 3.44. The molecule has 0 atom stereocenters. The fourth-order valence-corrected chi connectivity index (χ4v) is 3.30. The standard InChI is InChI=1S/C8H8O2S2/c9-12(10)6-2-4-8(12)7-3-1-5-11-7/h1-6,9-10H. The fourth-order valence-electron chi connectivity index (χ4n) is 1.06. The van der Waals surface area contributed by atoms with E-state index >= 15 is 0 Å². The number of hydrogen-bond acceptors (Lipinski definition) is 3. The van der Waals surface area contributed by atoms with Crippen LogP contribution in [0.1, 0.15) is 4.88 Å². The van der Waals surface area contributed by atoms with Crippen LogP contribution >= 0.6 is 21.9 Å². The smallest absolute Gasteiger partial charge is 0.0802 e. The Hall–Kier alpha value is -0.550. The van der Waals surface area contributed by atoms with Crippen LogP contribution in [0.3, 0.4) is 0 Å². The van der Waals surface area contributed by atoms with E-state index in [1.807, 2.05) is 17.5 Å². The molecule has 2 N–H and O–H groups in total. The van der Waals surface area contributed by atoms with Crippen LogP contribution in [0.25, 0.3) is 4.91 Å². The zero-order valence-corrected chi connectivity index (χ0v) is 7.81. The zero-order chi connectivity index (χ0) is 8.60. The van der Waals surface area contributed by atoms with E-state index in [1.165, 1.54) is 16.7 Å². The molecule has 0 bridgehead atoms. The number of thiophene rings is 1. The molecule has 2 nitrogen and oxygen atoms in total. The van der Waals surface area contributed by atoms with Crippen molar-refractivity contribution in [3.8, 4) is 0 Å². The van der Waals surface area contributed by atoms with Gasteiger partial charge in [0.25, 0.3) is 0 Å². The molecular weight excluding hydrogens is 192 g/mol. The van der Waals surface area contributed by atoms with Crippen molar-refractivity contribution in [1.29, 1.82) is 0 Å². The van der Waals surface area contributed by atoms with Crippen LogP contribution in [0.15, 0.2) is 35.1 Å². The molecule has 0 aromatic carbocycles. The Bertz CT molecular complexity index is 336. The predicted octanol–water partition coefficient (Wildman–Crippen LogP) is 3.37. The summed E-state index contributed by atoms with van der Waals surface area (Å²) in [5, 5.41) is 3.37. The lowest BCUT2D eigenvalue weighted by Crippen LogP contribution is -1.90. The van der Waals surface area contributed by atoms with Crippen molar-refractivity contribution in [3.63, 3.8) is 0 Å². The second-order valence-corrected chi connectivity index (χ2v) is 5.28. The van der Waals surface area contributed by atoms with Gasteiger partial charge in [-0.3, -0.25) is 9.11 Å². The van der Waals surface area contributed by atoms with Gasteiger partial charge in [-0.2, -0.15) is 0 Å². The molecule has 0 fully saturated rings. The highest BCUT2D eigenvalue weighted by atomic mass is 32.3. The molecule has 0 saturated carbocycles. The van der Waals surface area contributed by atoms with Gasteiger partial charge >= 0.3 is 0 Å². The van der Waals surface area contributed by atoms with Crippen LogP contribution in [0.4, 0.5) is 0 Å². The summed E-state index contributed by atoms with van der Waals surface area (Å²) in [6.45, 7) is 0. The Labute approximate surface area is 76.2 Å². The van der Waals surface area contributed by atoms with E-state index in [4.69, 9.17) is 0 Å². The first-order valence-corrected chi connectivity index (χ1v) is 5.90. The maximum atomic E-state index is 9.52. The Morgan fingerprint density at radius 1 is 1.33 bits per heavy atom. The summed E-state index contributed by atoms with van der Waals surface area (Å²) in [5.74, 6) is 0. The summed E-state index contributed by atoms with van der Waals surface area (Å²) in [7, 11) is -2.62. The first kappa shape index (κ1) is 8.07. The van der Waals surface area contributed by atoms with Crippen molar-refractivity contribution in [2.45, 2.75) is 0 Å². The highest BCUT2D eigenvalue weighted by Gasteiger charge is 2.20. The molecule has 1 aliphatic heterocycles. The van der Waals surface area contributed by atoms with Crippen LogP contribution < -0.4 is 0 Å². The van der Waals surface area contributed by atoms with Gasteiger partial charge in [0.05, 0.1) is 9.78 Å². The molecule has 1 aliphatic rings. The summed E-state index contributed by atoms with van der Waals surface area (Å²) in [4.78, 5) is 1.57. The molecule has 1 aromatic rings.